The smallest absolute Gasteiger partial charge is 0.424 e. The van der Waals surface area contributed by atoms with Gasteiger partial charge in [0.15, 0.2) is 0 Å². The van der Waals surface area contributed by atoms with Crippen molar-refractivity contribution < 1.29 is 33.4 Å². The van der Waals surface area contributed by atoms with Crippen LogP contribution in [-0.2, 0) is 41.7 Å². The molecule has 0 unspecified atom stereocenters. The van der Waals surface area contributed by atoms with Crippen molar-refractivity contribution in [3.05, 3.63) is 95.7 Å². The van der Waals surface area contributed by atoms with Gasteiger partial charge in [-0.1, -0.05) is 73.7 Å². The first-order valence-corrected chi connectivity index (χ1v) is 22.3. The molecule has 4 aromatic rings. The van der Waals surface area contributed by atoms with Gasteiger partial charge in [0.1, 0.15) is 6.61 Å². The van der Waals surface area contributed by atoms with E-state index in [1.165, 1.54) is 16.1 Å². The van der Waals surface area contributed by atoms with E-state index in [0.29, 0.717) is 78.4 Å². The predicted molar refractivity (Wildman–Crippen MR) is 241 cm³/mol. The number of carbonyl (C=O) groups excluding carboxylic acids is 4. The highest BCUT2D eigenvalue weighted by atomic mass is 16.6. The van der Waals surface area contributed by atoms with E-state index >= 15 is 0 Å². The summed E-state index contributed by atoms with van der Waals surface area (Å²) in [7, 11) is 5.35. The highest BCUT2D eigenvalue weighted by Gasteiger charge is 2.32. The summed E-state index contributed by atoms with van der Waals surface area (Å²) in [6, 6.07) is 26.9. The van der Waals surface area contributed by atoms with Crippen LogP contribution in [0.15, 0.2) is 78.9 Å². The number of carbonyl (C=O) groups is 4. The Morgan fingerprint density at radius 1 is 0.758 bits per heavy atom. The van der Waals surface area contributed by atoms with Crippen LogP contribution in [0.4, 0.5) is 4.79 Å². The summed E-state index contributed by atoms with van der Waals surface area (Å²) in [5, 5.41) is 4.41. The van der Waals surface area contributed by atoms with Crippen molar-refractivity contribution in [1.29, 1.82) is 0 Å². The average Bonchev–Trinajstić information content (AvgIpc) is 3.80. The van der Waals surface area contributed by atoms with Crippen molar-refractivity contribution in [3.63, 3.8) is 0 Å². The summed E-state index contributed by atoms with van der Waals surface area (Å²) in [6.45, 7) is 10.7. The number of likely N-dealkylation sites (tertiary alicyclic amines) is 1. The fourth-order valence-corrected chi connectivity index (χ4v) is 8.58. The fourth-order valence-electron chi connectivity index (χ4n) is 8.58. The molecule has 1 fully saturated rings. The number of ether oxygens (including phenoxy) is 3. The minimum Gasteiger partial charge on any atom is -0.447 e. The number of hydrogen-bond donors (Lipinski definition) is 0. The standard InChI is InChI=1S/C49H66N6O7/c1-7-29-60-31-32-61-30-28-55(48(58)21-20-46(56)51(5)36(2)3)38-22-25-53(26-23-38)47(57)24-27-54-39(33-37-14-8-13-19-45(37)54)34-50(4)52(6)49(59)62-35-44-42-17-11-9-15-40(42)41-16-10-12-18-43(41)44/h8-19,33,36,38,44H,7,20-32,34-35H2,1-6H3. The Labute approximate surface area is 367 Å². The largest absolute Gasteiger partial charge is 0.447 e. The van der Waals surface area contributed by atoms with Crippen LogP contribution in [0.2, 0.25) is 0 Å². The number of para-hydroxylation sites is 1. The van der Waals surface area contributed by atoms with Gasteiger partial charge < -0.3 is 33.5 Å². The van der Waals surface area contributed by atoms with Crippen LogP contribution in [0.5, 0.6) is 0 Å². The van der Waals surface area contributed by atoms with Gasteiger partial charge in [0, 0.05) is 102 Å². The molecule has 1 aliphatic heterocycles. The normalized spacial score (nSPS) is 14.0. The topological polar surface area (TPSA) is 117 Å². The molecule has 2 aliphatic rings. The molecule has 0 atom stereocenters. The number of rotatable bonds is 21. The first kappa shape index (κ1) is 46.3. The summed E-state index contributed by atoms with van der Waals surface area (Å²) in [5.41, 5.74) is 6.70. The second-order valence-electron chi connectivity index (χ2n) is 16.8. The molecule has 1 saturated heterocycles. The van der Waals surface area contributed by atoms with Crippen molar-refractivity contribution in [3.8, 4) is 11.1 Å². The second-order valence-corrected chi connectivity index (χ2v) is 16.8. The van der Waals surface area contributed by atoms with Crippen LogP contribution in [-0.4, -0.2) is 139 Å². The summed E-state index contributed by atoms with van der Waals surface area (Å²) in [6.07, 6.45) is 2.42. The molecule has 13 heteroatoms. The van der Waals surface area contributed by atoms with E-state index in [2.05, 4.69) is 54.0 Å². The zero-order chi connectivity index (χ0) is 44.2. The van der Waals surface area contributed by atoms with Gasteiger partial charge in [-0.25, -0.2) is 14.8 Å². The number of fused-ring (bicyclic) bond motifs is 4. The van der Waals surface area contributed by atoms with Gasteiger partial charge in [-0.15, -0.1) is 0 Å². The van der Waals surface area contributed by atoms with Crippen LogP contribution < -0.4 is 0 Å². The number of hydrogen-bond acceptors (Lipinski definition) is 8. The Balaban J connectivity index is 1.03. The molecular weight excluding hydrogens is 785 g/mol. The molecule has 1 aliphatic carbocycles. The van der Waals surface area contributed by atoms with Crippen molar-refractivity contribution in [2.24, 2.45) is 0 Å². The first-order valence-electron chi connectivity index (χ1n) is 22.3. The van der Waals surface area contributed by atoms with E-state index in [-0.39, 0.29) is 55.2 Å². The lowest BCUT2D eigenvalue weighted by atomic mass is 9.98. The van der Waals surface area contributed by atoms with Crippen molar-refractivity contribution in [2.45, 2.75) is 90.4 Å². The fraction of sp³-hybridized carbons (Fsp3) is 0.510. The molecule has 0 bridgehead atoms. The average molecular weight is 851 g/mol. The van der Waals surface area contributed by atoms with E-state index in [1.54, 1.807) is 19.0 Å². The van der Waals surface area contributed by atoms with Gasteiger partial charge in [0.05, 0.1) is 26.4 Å². The molecule has 2 heterocycles. The molecule has 334 valence electrons. The van der Waals surface area contributed by atoms with Crippen LogP contribution >= 0.6 is 0 Å². The molecule has 3 aromatic carbocycles. The quantitative estimate of drug-likeness (QED) is 0.0641. The third kappa shape index (κ3) is 11.4. The highest BCUT2D eigenvalue weighted by molar-refractivity contribution is 5.84. The molecule has 4 amide bonds. The Hall–Kier alpha value is -5.24. The van der Waals surface area contributed by atoms with Crippen LogP contribution in [0.25, 0.3) is 22.0 Å². The minimum absolute atomic E-state index is 0.0309. The Morgan fingerprint density at radius 3 is 2.03 bits per heavy atom. The predicted octanol–water partition coefficient (Wildman–Crippen LogP) is 7.17. The number of benzene rings is 3. The number of hydrazine groups is 1. The van der Waals surface area contributed by atoms with Gasteiger partial charge in [0.25, 0.3) is 0 Å². The Kier molecular flexibility index (Phi) is 16.6. The molecule has 0 radical (unpaired) electrons. The number of aryl methyl sites for hydroxylation is 1. The maximum atomic E-state index is 13.8. The van der Waals surface area contributed by atoms with Crippen molar-refractivity contribution in [1.82, 2.24) is 29.3 Å². The van der Waals surface area contributed by atoms with Crippen LogP contribution in [0.3, 0.4) is 0 Å². The third-order valence-electron chi connectivity index (χ3n) is 12.4. The molecule has 13 nitrogen and oxygen atoms in total. The first-order chi connectivity index (χ1) is 30.0. The minimum atomic E-state index is -0.437. The number of amides is 4. The lowest BCUT2D eigenvalue weighted by Crippen LogP contribution is -2.50. The molecular formula is C49H66N6O7. The summed E-state index contributed by atoms with van der Waals surface area (Å²) in [5.74, 6) is -0.0816. The maximum absolute atomic E-state index is 13.8. The van der Waals surface area contributed by atoms with Gasteiger partial charge in [-0.05, 0) is 72.9 Å². The van der Waals surface area contributed by atoms with E-state index in [0.717, 1.165) is 34.1 Å². The molecule has 0 saturated carbocycles. The van der Waals surface area contributed by atoms with E-state index in [9.17, 15) is 19.2 Å². The van der Waals surface area contributed by atoms with E-state index in [1.807, 2.05) is 72.1 Å². The molecule has 0 spiro atoms. The molecule has 62 heavy (non-hydrogen) atoms. The van der Waals surface area contributed by atoms with E-state index in [4.69, 9.17) is 14.2 Å². The van der Waals surface area contributed by atoms with Crippen molar-refractivity contribution in [2.75, 3.05) is 73.8 Å². The van der Waals surface area contributed by atoms with Gasteiger partial charge in [0.2, 0.25) is 17.7 Å². The van der Waals surface area contributed by atoms with Crippen LogP contribution in [0, 0.1) is 0 Å². The summed E-state index contributed by atoms with van der Waals surface area (Å²) < 4.78 is 19.5. The van der Waals surface area contributed by atoms with E-state index < -0.39 is 6.09 Å². The van der Waals surface area contributed by atoms with Gasteiger partial charge >= 0.3 is 6.09 Å². The number of nitrogens with zero attached hydrogens (tertiary/aromatic N) is 6. The third-order valence-corrected chi connectivity index (χ3v) is 12.4. The van der Waals surface area contributed by atoms with Gasteiger partial charge in [-0.2, -0.15) is 0 Å². The molecule has 6 rings (SSSR count). The second kappa shape index (κ2) is 22.2. The molecule has 0 N–H and O–H groups in total. The van der Waals surface area contributed by atoms with Crippen LogP contribution in [0.1, 0.15) is 82.0 Å². The Morgan fingerprint density at radius 2 is 1.37 bits per heavy atom. The summed E-state index contributed by atoms with van der Waals surface area (Å²) >= 11 is 0. The molecule has 1 aromatic heterocycles. The maximum Gasteiger partial charge on any atom is 0.424 e. The highest BCUT2D eigenvalue weighted by Crippen LogP contribution is 2.44. The monoisotopic (exact) mass is 850 g/mol. The Bertz CT molecular complexity index is 2080. The SMILES string of the molecule is CCCOCCOCCN(C(=O)CCC(=O)N(C)C(C)C)C1CCN(C(=O)CCn2c(CN(C)N(C)C(=O)OCC3c4ccccc4-c4ccccc43)cc3ccccc32)CC1. The number of piperidine rings is 1. The zero-order valence-corrected chi connectivity index (χ0v) is 37.6. The zero-order valence-electron chi connectivity index (χ0n) is 37.6. The summed E-state index contributed by atoms with van der Waals surface area (Å²) in [4.78, 5) is 59.1. The lowest BCUT2D eigenvalue weighted by Gasteiger charge is -2.39. The van der Waals surface area contributed by atoms with Crippen molar-refractivity contribution >= 4 is 34.7 Å². The lowest BCUT2D eigenvalue weighted by molar-refractivity contribution is -0.141. The van der Waals surface area contributed by atoms with Gasteiger partial charge in [-0.3, -0.25) is 14.4 Å². The number of aromatic nitrogens is 1.